The summed E-state index contributed by atoms with van der Waals surface area (Å²) in [6, 6.07) is 0.431. The molecular formula is C11H20N2O3S. The standard InChI is InChI=1S/C11H20N2O3S/c14-11(5-6-12-9-3-4-9)13-10-2-1-7-17(15,16)8-10/h9-10,12H,1-8H2,(H,13,14). The first kappa shape index (κ1) is 12.8. The summed E-state index contributed by atoms with van der Waals surface area (Å²) in [6.45, 7) is 0.690. The summed E-state index contributed by atoms with van der Waals surface area (Å²) < 4.78 is 22.8. The monoisotopic (exact) mass is 260 g/mol. The molecule has 5 nitrogen and oxygen atoms in total. The largest absolute Gasteiger partial charge is 0.352 e. The van der Waals surface area contributed by atoms with Gasteiger partial charge in [0.15, 0.2) is 9.84 Å². The minimum absolute atomic E-state index is 0.0414. The van der Waals surface area contributed by atoms with Gasteiger partial charge in [-0.15, -0.1) is 0 Å². The van der Waals surface area contributed by atoms with E-state index in [0.29, 0.717) is 25.4 Å². The molecule has 1 heterocycles. The number of carbonyl (C=O) groups is 1. The SMILES string of the molecule is O=C(CCNC1CC1)NC1CCCS(=O)(=O)C1. The minimum atomic E-state index is -2.93. The van der Waals surface area contributed by atoms with E-state index in [1.165, 1.54) is 12.8 Å². The summed E-state index contributed by atoms with van der Waals surface area (Å²) in [5, 5.41) is 6.07. The van der Waals surface area contributed by atoms with Gasteiger partial charge < -0.3 is 10.6 Å². The molecule has 17 heavy (non-hydrogen) atoms. The van der Waals surface area contributed by atoms with Gasteiger partial charge in [-0.05, 0) is 25.7 Å². The molecule has 2 rings (SSSR count). The van der Waals surface area contributed by atoms with Gasteiger partial charge in [0.1, 0.15) is 0 Å². The average molecular weight is 260 g/mol. The first-order valence-electron chi connectivity index (χ1n) is 6.28. The third kappa shape index (κ3) is 4.63. The van der Waals surface area contributed by atoms with Gasteiger partial charge in [0.05, 0.1) is 11.5 Å². The van der Waals surface area contributed by atoms with Crippen LogP contribution in [0.1, 0.15) is 32.1 Å². The number of sulfone groups is 1. The zero-order valence-corrected chi connectivity index (χ0v) is 10.8. The summed E-state index contributed by atoms with van der Waals surface area (Å²) in [6.07, 6.45) is 4.30. The van der Waals surface area contributed by atoms with Crippen molar-refractivity contribution in [3.8, 4) is 0 Å². The third-order valence-corrected chi connectivity index (χ3v) is 5.01. The number of carbonyl (C=O) groups excluding carboxylic acids is 1. The maximum absolute atomic E-state index is 11.6. The first-order chi connectivity index (χ1) is 8.05. The second-order valence-corrected chi connectivity index (χ2v) is 7.23. The van der Waals surface area contributed by atoms with Gasteiger partial charge in [-0.25, -0.2) is 8.42 Å². The number of rotatable bonds is 5. The van der Waals surface area contributed by atoms with E-state index in [2.05, 4.69) is 10.6 Å². The lowest BCUT2D eigenvalue weighted by Gasteiger charge is -2.23. The molecule has 1 saturated carbocycles. The molecule has 1 aliphatic heterocycles. The van der Waals surface area contributed by atoms with Crippen LogP contribution in [0.2, 0.25) is 0 Å². The molecule has 2 aliphatic rings. The van der Waals surface area contributed by atoms with E-state index in [-0.39, 0.29) is 23.5 Å². The smallest absolute Gasteiger partial charge is 0.221 e. The van der Waals surface area contributed by atoms with Gasteiger partial charge in [0.2, 0.25) is 5.91 Å². The van der Waals surface area contributed by atoms with Crippen LogP contribution >= 0.6 is 0 Å². The fraction of sp³-hybridized carbons (Fsp3) is 0.909. The van der Waals surface area contributed by atoms with Crippen molar-refractivity contribution in [1.29, 1.82) is 0 Å². The topological polar surface area (TPSA) is 75.3 Å². The van der Waals surface area contributed by atoms with Gasteiger partial charge in [0.25, 0.3) is 0 Å². The van der Waals surface area contributed by atoms with Crippen molar-refractivity contribution in [2.75, 3.05) is 18.1 Å². The van der Waals surface area contributed by atoms with Gasteiger partial charge in [-0.2, -0.15) is 0 Å². The lowest BCUT2D eigenvalue weighted by molar-refractivity contribution is -0.121. The van der Waals surface area contributed by atoms with Crippen LogP contribution < -0.4 is 10.6 Å². The molecular weight excluding hydrogens is 240 g/mol. The van der Waals surface area contributed by atoms with Crippen LogP contribution in [0.3, 0.4) is 0 Å². The van der Waals surface area contributed by atoms with E-state index in [0.717, 1.165) is 6.42 Å². The molecule has 1 aliphatic carbocycles. The molecule has 0 radical (unpaired) electrons. The van der Waals surface area contributed by atoms with E-state index in [4.69, 9.17) is 0 Å². The average Bonchev–Trinajstić information content (AvgIpc) is 2.99. The summed E-state index contributed by atoms with van der Waals surface area (Å²) in [7, 11) is -2.93. The van der Waals surface area contributed by atoms with Crippen LogP contribution in [0.15, 0.2) is 0 Å². The van der Waals surface area contributed by atoms with Gasteiger partial charge >= 0.3 is 0 Å². The number of nitrogens with one attached hydrogen (secondary N) is 2. The molecule has 1 amide bonds. The number of hydrogen-bond donors (Lipinski definition) is 2. The highest BCUT2D eigenvalue weighted by Gasteiger charge is 2.26. The zero-order chi connectivity index (χ0) is 12.3. The Morgan fingerprint density at radius 1 is 1.18 bits per heavy atom. The molecule has 98 valence electrons. The lowest BCUT2D eigenvalue weighted by atomic mass is 10.2. The van der Waals surface area contributed by atoms with E-state index < -0.39 is 9.84 Å². The Bertz CT molecular complexity index is 376. The number of hydrogen-bond acceptors (Lipinski definition) is 4. The second kappa shape index (κ2) is 5.35. The molecule has 1 unspecified atom stereocenters. The van der Waals surface area contributed by atoms with Crippen LogP contribution in [0.25, 0.3) is 0 Å². The fourth-order valence-corrected chi connectivity index (χ4v) is 3.75. The van der Waals surface area contributed by atoms with Crippen LogP contribution in [-0.2, 0) is 14.6 Å². The first-order valence-corrected chi connectivity index (χ1v) is 8.10. The predicted octanol–water partition coefficient (Wildman–Crippen LogP) is -0.178. The van der Waals surface area contributed by atoms with E-state index in [1.54, 1.807) is 0 Å². The Morgan fingerprint density at radius 2 is 1.94 bits per heavy atom. The highest BCUT2D eigenvalue weighted by Crippen LogP contribution is 2.18. The molecule has 0 aromatic carbocycles. The molecule has 0 bridgehead atoms. The molecule has 1 saturated heterocycles. The Hall–Kier alpha value is -0.620. The van der Waals surface area contributed by atoms with Gasteiger partial charge in [-0.3, -0.25) is 4.79 Å². The lowest BCUT2D eigenvalue weighted by Crippen LogP contribution is -2.43. The maximum Gasteiger partial charge on any atom is 0.221 e. The van der Waals surface area contributed by atoms with Crippen molar-refractivity contribution in [2.24, 2.45) is 0 Å². The Balaban J connectivity index is 1.66. The quantitative estimate of drug-likeness (QED) is 0.719. The normalized spacial score (nSPS) is 27.6. The van der Waals surface area contributed by atoms with Crippen molar-refractivity contribution in [3.05, 3.63) is 0 Å². The van der Waals surface area contributed by atoms with E-state index in [1.807, 2.05) is 0 Å². The highest BCUT2D eigenvalue weighted by molar-refractivity contribution is 7.91. The van der Waals surface area contributed by atoms with E-state index in [9.17, 15) is 13.2 Å². The second-order valence-electron chi connectivity index (χ2n) is 5.00. The summed E-state index contributed by atoms with van der Waals surface area (Å²) in [5.41, 5.74) is 0. The van der Waals surface area contributed by atoms with Crippen LogP contribution in [0, 0.1) is 0 Å². The summed E-state index contributed by atoms with van der Waals surface area (Å²) in [5.74, 6) is 0.331. The molecule has 0 spiro atoms. The van der Waals surface area contributed by atoms with Crippen molar-refractivity contribution < 1.29 is 13.2 Å². The molecule has 2 N–H and O–H groups in total. The van der Waals surface area contributed by atoms with Crippen LogP contribution in [0.4, 0.5) is 0 Å². The van der Waals surface area contributed by atoms with Crippen LogP contribution in [-0.4, -0.2) is 44.5 Å². The Morgan fingerprint density at radius 3 is 2.59 bits per heavy atom. The predicted molar refractivity (Wildman–Crippen MR) is 65.5 cm³/mol. The summed E-state index contributed by atoms with van der Waals surface area (Å²) in [4.78, 5) is 11.6. The Labute approximate surface area is 102 Å². The summed E-state index contributed by atoms with van der Waals surface area (Å²) >= 11 is 0. The third-order valence-electron chi connectivity index (χ3n) is 3.19. The maximum atomic E-state index is 11.6. The zero-order valence-electron chi connectivity index (χ0n) is 9.94. The van der Waals surface area contributed by atoms with Crippen molar-refractivity contribution in [1.82, 2.24) is 10.6 Å². The highest BCUT2D eigenvalue weighted by atomic mass is 32.2. The number of amides is 1. The van der Waals surface area contributed by atoms with Gasteiger partial charge in [0, 0.05) is 25.0 Å². The fourth-order valence-electron chi connectivity index (χ4n) is 2.11. The van der Waals surface area contributed by atoms with Crippen molar-refractivity contribution in [3.63, 3.8) is 0 Å². The molecule has 0 aromatic rings. The van der Waals surface area contributed by atoms with E-state index >= 15 is 0 Å². The van der Waals surface area contributed by atoms with Crippen molar-refractivity contribution in [2.45, 2.75) is 44.2 Å². The minimum Gasteiger partial charge on any atom is -0.352 e. The van der Waals surface area contributed by atoms with Gasteiger partial charge in [-0.1, -0.05) is 0 Å². The molecule has 0 aromatic heterocycles. The molecule has 1 atom stereocenters. The van der Waals surface area contributed by atoms with Crippen LogP contribution in [0.5, 0.6) is 0 Å². The molecule has 6 heteroatoms. The van der Waals surface area contributed by atoms with Crippen molar-refractivity contribution >= 4 is 15.7 Å². The Kier molecular flexibility index (Phi) is 4.04. The molecule has 2 fully saturated rings.